The predicted octanol–water partition coefficient (Wildman–Crippen LogP) is 3.08. The van der Waals surface area contributed by atoms with Crippen LogP contribution in [-0.4, -0.2) is 34.2 Å². The van der Waals surface area contributed by atoms with Crippen LogP contribution < -0.4 is 10.1 Å². The molecule has 0 radical (unpaired) electrons. The van der Waals surface area contributed by atoms with Gasteiger partial charge >= 0.3 is 0 Å². The van der Waals surface area contributed by atoms with Crippen molar-refractivity contribution >= 4 is 17.7 Å². The van der Waals surface area contributed by atoms with Crippen molar-refractivity contribution < 1.29 is 9.53 Å². The lowest BCUT2D eigenvalue weighted by atomic mass is 9.96. The van der Waals surface area contributed by atoms with Gasteiger partial charge in [0.05, 0.1) is 6.61 Å². The average Bonchev–Trinajstić information content (AvgIpc) is 3.24. The Morgan fingerprint density at radius 2 is 2.07 bits per heavy atom. The molecule has 4 rings (SSSR count). The molecule has 0 bridgehead atoms. The number of hydrogen-bond donors (Lipinski definition) is 2. The minimum atomic E-state index is -0.0531. The Hall–Kier alpha value is -2.80. The number of aromatic amines is 1. The first kappa shape index (κ1) is 17.6. The highest BCUT2D eigenvalue weighted by Crippen LogP contribution is 2.26. The molecule has 0 aliphatic carbocycles. The number of para-hydroxylation sites is 1. The van der Waals surface area contributed by atoms with E-state index in [1.54, 1.807) is 0 Å². The molecule has 0 spiro atoms. The Morgan fingerprint density at radius 1 is 1.22 bits per heavy atom. The Kier molecular flexibility index (Phi) is 5.39. The molecule has 0 saturated heterocycles. The third-order valence-corrected chi connectivity index (χ3v) is 5.45. The van der Waals surface area contributed by atoms with Gasteiger partial charge in [-0.2, -0.15) is 5.10 Å². The van der Waals surface area contributed by atoms with Crippen LogP contribution in [0.15, 0.2) is 60.0 Å². The standard InChI is InChI=1S/C20H20N4O2S/c25-19(21-10-14-9-15-5-2-4-8-18(15)26-11-14)17-7-3-1-6-16(17)12-27-20-22-13-23-24-20/h1-8,13-14H,9-12H2,(H,21,25)(H,22,23,24). The summed E-state index contributed by atoms with van der Waals surface area (Å²) in [5.41, 5.74) is 2.87. The summed E-state index contributed by atoms with van der Waals surface area (Å²) in [6.45, 7) is 1.22. The lowest BCUT2D eigenvalue weighted by molar-refractivity contribution is 0.0938. The van der Waals surface area contributed by atoms with E-state index in [0.717, 1.165) is 22.9 Å². The van der Waals surface area contributed by atoms with Gasteiger partial charge in [0.25, 0.3) is 5.91 Å². The summed E-state index contributed by atoms with van der Waals surface area (Å²) in [6, 6.07) is 15.7. The molecular weight excluding hydrogens is 360 g/mol. The van der Waals surface area contributed by atoms with Gasteiger partial charge in [-0.3, -0.25) is 9.89 Å². The normalized spacial score (nSPS) is 15.6. The molecule has 1 amide bonds. The number of ether oxygens (including phenoxy) is 1. The van der Waals surface area contributed by atoms with Crippen LogP contribution in [-0.2, 0) is 12.2 Å². The number of fused-ring (bicyclic) bond motifs is 1. The van der Waals surface area contributed by atoms with Crippen LogP contribution in [0.3, 0.4) is 0 Å². The summed E-state index contributed by atoms with van der Waals surface area (Å²) in [4.78, 5) is 16.8. The predicted molar refractivity (Wildman–Crippen MR) is 104 cm³/mol. The fourth-order valence-electron chi connectivity index (χ4n) is 3.13. The molecule has 0 saturated carbocycles. The number of H-pyrrole nitrogens is 1. The van der Waals surface area contributed by atoms with Gasteiger partial charge in [-0.05, 0) is 29.7 Å². The second-order valence-electron chi connectivity index (χ2n) is 6.44. The fourth-order valence-corrected chi connectivity index (χ4v) is 3.91. The van der Waals surface area contributed by atoms with E-state index in [1.807, 2.05) is 42.5 Å². The van der Waals surface area contributed by atoms with Crippen LogP contribution in [0.2, 0.25) is 0 Å². The number of benzene rings is 2. The number of nitrogens with one attached hydrogen (secondary N) is 2. The summed E-state index contributed by atoms with van der Waals surface area (Å²) in [7, 11) is 0. The molecule has 3 aromatic rings. The van der Waals surface area contributed by atoms with E-state index in [4.69, 9.17) is 4.74 Å². The number of rotatable bonds is 6. The largest absolute Gasteiger partial charge is 0.493 e. The maximum absolute atomic E-state index is 12.7. The monoisotopic (exact) mass is 380 g/mol. The van der Waals surface area contributed by atoms with E-state index in [2.05, 4.69) is 26.6 Å². The number of aromatic nitrogens is 3. The highest BCUT2D eigenvalue weighted by molar-refractivity contribution is 7.98. The Labute approximate surface area is 161 Å². The van der Waals surface area contributed by atoms with E-state index < -0.39 is 0 Å². The highest BCUT2D eigenvalue weighted by atomic mass is 32.2. The maximum Gasteiger partial charge on any atom is 0.251 e. The molecule has 1 aromatic heterocycles. The molecule has 7 heteroatoms. The fraction of sp³-hybridized carbons (Fsp3) is 0.250. The van der Waals surface area contributed by atoms with Gasteiger partial charge in [-0.25, -0.2) is 4.98 Å². The lowest BCUT2D eigenvalue weighted by Gasteiger charge is -2.25. The SMILES string of the molecule is O=C(NCC1COc2ccccc2C1)c1ccccc1CSc1ncn[nH]1. The van der Waals surface area contributed by atoms with Crippen LogP contribution in [0.4, 0.5) is 0 Å². The number of carbonyl (C=O) groups excluding carboxylic acids is 1. The van der Waals surface area contributed by atoms with Crippen molar-refractivity contribution in [2.45, 2.75) is 17.3 Å². The molecule has 2 heterocycles. The van der Waals surface area contributed by atoms with E-state index >= 15 is 0 Å². The van der Waals surface area contributed by atoms with E-state index in [9.17, 15) is 4.79 Å². The molecule has 1 atom stereocenters. The van der Waals surface area contributed by atoms with Gasteiger partial charge < -0.3 is 10.1 Å². The minimum absolute atomic E-state index is 0.0531. The Balaban J connectivity index is 1.36. The Bertz CT molecular complexity index is 914. The van der Waals surface area contributed by atoms with Crippen molar-refractivity contribution in [3.63, 3.8) is 0 Å². The van der Waals surface area contributed by atoms with Crippen molar-refractivity contribution in [1.82, 2.24) is 20.5 Å². The van der Waals surface area contributed by atoms with Crippen molar-refractivity contribution in [2.75, 3.05) is 13.2 Å². The van der Waals surface area contributed by atoms with Gasteiger partial charge in [0.15, 0.2) is 5.16 Å². The first-order chi connectivity index (χ1) is 13.3. The molecular formula is C20H20N4O2S. The van der Waals surface area contributed by atoms with Crippen molar-refractivity contribution in [2.24, 2.45) is 5.92 Å². The second kappa shape index (κ2) is 8.26. The summed E-state index contributed by atoms with van der Waals surface area (Å²) in [5, 5.41) is 10.5. The van der Waals surface area contributed by atoms with Crippen LogP contribution >= 0.6 is 11.8 Å². The zero-order chi connectivity index (χ0) is 18.5. The number of hydrogen-bond acceptors (Lipinski definition) is 5. The van der Waals surface area contributed by atoms with Gasteiger partial charge in [-0.15, -0.1) is 0 Å². The van der Waals surface area contributed by atoms with Crippen molar-refractivity contribution in [1.29, 1.82) is 0 Å². The molecule has 0 fully saturated rings. The summed E-state index contributed by atoms with van der Waals surface area (Å²) >= 11 is 1.52. The zero-order valence-corrected chi connectivity index (χ0v) is 15.5. The topological polar surface area (TPSA) is 79.9 Å². The smallest absolute Gasteiger partial charge is 0.251 e. The average molecular weight is 380 g/mol. The number of thioether (sulfide) groups is 1. The van der Waals surface area contributed by atoms with Gasteiger partial charge in [0, 0.05) is 23.8 Å². The van der Waals surface area contributed by atoms with E-state index in [1.165, 1.54) is 23.7 Å². The first-order valence-electron chi connectivity index (χ1n) is 8.84. The molecule has 138 valence electrons. The van der Waals surface area contributed by atoms with Gasteiger partial charge in [0.1, 0.15) is 12.1 Å². The third kappa shape index (κ3) is 4.31. The van der Waals surface area contributed by atoms with Gasteiger partial charge in [-0.1, -0.05) is 48.2 Å². The molecule has 2 N–H and O–H groups in total. The van der Waals surface area contributed by atoms with Crippen molar-refractivity contribution in [3.05, 3.63) is 71.5 Å². The Morgan fingerprint density at radius 3 is 2.96 bits per heavy atom. The number of carbonyl (C=O) groups is 1. The third-order valence-electron chi connectivity index (χ3n) is 4.53. The summed E-state index contributed by atoms with van der Waals surface area (Å²) in [6.07, 6.45) is 2.39. The summed E-state index contributed by atoms with van der Waals surface area (Å²) in [5.74, 6) is 1.83. The quantitative estimate of drug-likeness (QED) is 0.643. The van der Waals surface area contributed by atoms with E-state index in [0.29, 0.717) is 24.5 Å². The second-order valence-corrected chi connectivity index (χ2v) is 7.40. The maximum atomic E-state index is 12.7. The van der Waals surface area contributed by atoms with Gasteiger partial charge in [0.2, 0.25) is 0 Å². The molecule has 2 aromatic carbocycles. The molecule has 6 nitrogen and oxygen atoms in total. The van der Waals surface area contributed by atoms with Crippen LogP contribution in [0, 0.1) is 5.92 Å². The first-order valence-corrected chi connectivity index (χ1v) is 9.83. The molecule has 1 aliphatic rings. The summed E-state index contributed by atoms with van der Waals surface area (Å²) < 4.78 is 5.81. The number of amides is 1. The number of nitrogens with zero attached hydrogens (tertiary/aromatic N) is 2. The van der Waals surface area contributed by atoms with Crippen molar-refractivity contribution in [3.8, 4) is 5.75 Å². The molecule has 1 aliphatic heterocycles. The lowest BCUT2D eigenvalue weighted by Crippen LogP contribution is -2.35. The zero-order valence-electron chi connectivity index (χ0n) is 14.7. The van der Waals surface area contributed by atoms with Crippen LogP contribution in [0.25, 0.3) is 0 Å². The van der Waals surface area contributed by atoms with Crippen LogP contribution in [0.1, 0.15) is 21.5 Å². The van der Waals surface area contributed by atoms with E-state index in [-0.39, 0.29) is 11.8 Å². The molecule has 1 unspecified atom stereocenters. The highest BCUT2D eigenvalue weighted by Gasteiger charge is 2.20. The van der Waals surface area contributed by atoms with Crippen LogP contribution in [0.5, 0.6) is 5.75 Å². The minimum Gasteiger partial charge on any atom is -0.493 e. The molecule has 27 heavy (non-hydrogen) atoms.